The van der Waals surface area contributed by atoms with Crippen LogP contribution in [0, 0.1) is 0 Å². The van der Waals surface area contributed by atoms with Crippen LogP contribution in [-0.4, -0.2) is 24.1 Å². The maximum atomic E-state index is 5.37. The summed E-state index contributed by atoms with van der Waals surface area (Å²) in [5.74, 6) is 1.99. The van der Waals surface area contributed by atoms with Gasteiger partial charge in [0.25, 0.3) is 0 Å². The quantitative estimate of drug-likeness (QED) is 0.173. The predicted molar refractivity (Wildman–Crippen MR) is 282 cm³/mol. The molecule has 14 rings (SSSR count). The monoisotopic (exact) mass is 875 g/mol. The third kappa shape index (κ3) is 5.59. The van der Waals surface area contributed by atoms with Gasteiger partial charge in [0.2, 0.25) is 0 Å². The van der Waals surface area contributed by atoms with Gasteiger partial charge in [0.15, 0.2) is 17.5 Å². The van der Waals surface area contributed by atoms with Gasteiger partial charge in [-0.25, -0.2) is 15.0 Å². The Balaban J connectivity index is 0.916. The highest BCUT2D eigenvalue weighted by atomic mass is 15.0. The zero-order valence-corrected chi connectivity index (χ0v) is 38.8. The largest absolute Gasteiger partial charge is 0.313 e. The van der Waals surface area contributed by atoms with Crippen LogP contribution in [0.4, 0.5) is 0 Å². The maximum Gasteiger partial charge on any atom is 0.164 e. The fourth-order valence-corrected chi connectivity index (χ4v) is 12.4. The highest BCUT2D eigenvalue weighted by Crippen LogP contribution is 2.53. The van der Waals surface area contributed by atoms with Crippen molar-refractivity contribution in [3.05, 3.63) is 210 Å². The maximum absolute atomic E-state index is 5.37. The molecule has 0 fully saturated rings. The molecule has 68 heavy (non-hydrogen) atoms. The van der Waals surface area contributed by atoms with Crippen molar-refractivity contribution in [2.45, 2.75) is 64.2 Å². The van der Waals surface area contributed by atoms with Crippen molar-refractivity contribution < 1.29 is 0 Å². The van der Waals surface area contributed by atoms with Crippen molar-refractivity contribution in [2.24, 2.45) is 0 Å². The second-order valence-corrected chi connectivity index (χ2v) is 20.2. The summed E-state index contributed by atoms with van der Waals surface area (Å²) in [4.78, 5) is 15.9. The third-order valence-corrected chi connectivity index (χ3v) is 15.7. The van der Waals surface area contributed by atoms with E-state index < -0.39 is 0 Å². The molecule has 0 unspecified atom stereocenters. The SMILES string of the molecule is CC1(C)C2=C(CCC=C2)c2cc3c4ccccc4n(C4=CC(c5nc(-c6ccccc6)nc(-c6cccc(-n7c8ccccc8c8cc9c(cc87)C(C)(C)c7ccccc7-9)c6)n5)=CCC4)c3cc21. The van der Waals surface area contributed by atoms with E-state index in [9.17, 15) is 0 Å². The lowest BCUT2D eigenvalue weighted by Crippen LogP contribution is -2.16. The minimum Gasteiger partial charge on any atom is -0.313 e. The molecule has 10 aromatic rings. The number of fused-ring (bicyclic) bond motifs is 11. The number of aromatic nitrogens is 5. The first kappa shape index (κ1) is 39.3. The molecule has 0 bridgehead atoms. The first-order chi connectivity index (χ1) is 33.2. The summed E-state index contributed by atoms with van der Waals surface area (Å²) in [6, 6.07) is 55.6. The Morgan fingerprint density at radius 1 is 0.456 bits per heavy atom. The summed E-state index contributed by atoms with van der Waals surface area (Å²) in [6.45, 7) is 9.51. The van der Waals surface area contributed by atoms with E-state index in [1.165, 1.54) is 93.8 Å². The van der Waals surface area contributed by atoms with Gasteiger partial charge in [-0.3, -0.25) is 0 Å². The van der Waals surface area contributed by atoms with E-state index in [-0.39, 0.29) is 10.8 Å². The zero-order valence-electron chi connectivity index (χ0n) is 38.8. The molecule has 0 spiro atoms. The molecule has 5 heteroatoms. The molecule has 0 radical (unpaired) electrons. The molecule has 0 saturated heterocycles. The van der Waals surface area contributed by atoms with Crippen molar-refractivity contribution >= 4 is 60.5 Å². The number of hydrogen-bond donors (Lipinski definition) is 0. The summed E-state index contributed by atoms with van der Waals surface area (Å²) in [7, 11) is 0. The lowest BCUT2D eigenvalue weighted by Gasteiger charge is -2.24. The van der Waals surface area contributed by atoms with Crippen LogP contribution < -0.4 is 0 Å². The van der Waals surface area contributed by atoms with E-state index in [4.69, 9.17) is 15.0 Å². The molecule has 326 valence electrons. The van der Waals surface area contributed by atoms with E-state index in [1.54, 1.807) is 0 Å². The van der Waals surface area contributed by atoms with Gasteiger partial charge in [0.05, 0.1) is 22.1 Å². The molecule has 5 nitrogen and oxygen atoms in total. The molecule has 3 aromatic heterocycles. The molecule has 0 aliphatic heterocycles. The molecule has 3 heterocycles. The van der Waals surface area contributed by atoms with Crippen molar-refractivity contribution in [3.63, 3.8) is 0 Å². The number of rotatable bonds is 5. The third-order valence-electron chi connectivity index (χ3n) is 15.7. The molecule has 7 aromatic carbocycles. The van der Waals surface area contributed by atoms with E-state index in [0.717, 1.165) is 48.1 Å². The van der Waals surface area contributed by atoms with Gasteiger partial charge in [-0.05, 0) is 125 Å². The van der Waals surface area contributed by atoms with Crippen LogP contribution in [0.15, 0.2) is 182 Å². The van der Waals surface area contributed by atoms with Gasteiger partial charge in [-0.2, -0.15) is 0 Å². The second kappa shape index (κ2) is 14.3. The van der Waals surface area contributed by atoms with E-state index in [0.29, 0.717) is 17.5 Å². The minimum atomic E-state index is -0.117. The van der Waals surface area contributed by atoms with Gasteiger partial charge < -0.3 is 9.13 Å². The highest BCUT2D eigenvalue weighted by molar-refractivity contribution is 6.13. The van der Waals surface area contributed by atoms with E-state index in [2.05, 4.69) is 207 Å². The number of para-hydroxylation sites is 2. The molecular formula is C63H49N5. The highest BCUT2D eigenvalue weighted by Gasteiger charge is 2.39. The van der Waals surface area contributed by atoms with Crippen LogP contribution in [0.2, 0.25) is 0 Å². The van der Waals surface area contributed by atoms with Gasteiger partial charge >= 0.3 is 0 Å². The molecule has 4 aliphatic rings. The Morgan fingerprint density at radius 3 is 1.88 bits per heavy atom. The lowest BCUT2D eigenvalue weighted by molar-refractivity contribution is 0.652. The molecule has 4 aliphatic carbocycles. The summed E-state index contributed by atoms with van der Waals surface area (Å²) in [6.07, 6.45) is 13.4. The van der Waals surface area contributed by atoms with E-state index in [1.807, 2.05) is 6.07 Å². The topological polar surface area (TPSA) is 48.5 Å². The molecule has 0 saturated carbocycles. The zero-order chi connectivity index (χ0) is 45.5. The van der Waals surface area contributed by atoms with Crippen molar-refractivity contribution in [1.29, 1.82) is 0 Å². The van der Waals surface area contributed by atoms with E-state index >= 15 is 0 Å². The van der Waals surface area contributed by atoms with Gasteiger partial charge in [0.1, 0.15) is 0 Å². The fourth-order valence-electron chi connectivity index (χ4n) is 12.4. The van der Waals surface area contributed by atoms with Crippen molar-refractivity contribution in [3.8, 4) is 39.6 Å². The van der Waals surface area contributed by atoms with Gasteiger partial charge in [0, 0.05) is 60.5 Å². The summed E-state index contributed by atoms with van der Waals surface area (Å²) < 4.78 is 4.95. The Bertz CT molecular complexity index is 3960. The second-order valence-electron chi connectivity index (χ2n) is 20.2. The standard InChI is InChI=1S/C63H49N5/c1-62(2)51-28-12-8-24-43(51)47-34-49-45-26-10-14-30-55(45)67(57(49)36-53(47)62)41-22-16-20-39(32-41)60-64-59(38-18-6-5-7-19-38)65-61(66-60)40-21-17-23-42(33-40)68-56-31-15-11-27-46(56)50-35-48-44-25-9-13-29-52(44)63(3,4)54(48)37-58(50)68/h5-8,10-16,18-22,24,26-37H,9,17,23,25H2,1-4H3. The lowest BCUT2D eigenvalue weighted by atomic mass is 9.80. The van der Waals surface area contributed by atoms with Gasteiger partial charge in [-0.15, -0.1) is 0 Å². The van der Waals surface area contributed by atoms with Crippen LogP contribution in [0.25, 0.3) is 100 Å². The summed E-state index contributed by atoms with van der Waals surface area (Å²) >= 11 is 0. The minimum absolute atomic E-state index is 0.0550. The first-order valence-corrected chi connectivity index (χ1v) is 24.2. The summed E-state index contributed by atoms with van der Waals surface area (Å²) in [5.41, 5.74) is 21.2. The van der Waals surface area contributed by atoms with Crippen LogP contribution in [0.1, 0.15) is 81.5 Å². The predicted octanol–water partition coefficient (Wildman–Crippen LogP) is 15.8. The van der Waals surface area contributed by atoms with Crippen molar-refractivity contribution in [2.75, 3.05) is 0 Å². The van der Waals surface area contributed by atoms with Gasteiger partial charge in [-0.1, -0.05) is 149 Å². The average Bonchev–Trinajstić information content (AvgIpc) is 4.04. The first-order valence-electron chi connectivity index (χ1n) is 24.2. The Morgan fingerprint density at radius 2 is 1.09 bits per heavy atom. The molecule has 0 N–H and O–H groups in total. The average molecular weight is 876 g/mol. The Kier molecular flexibility index (Phi) is 8.27. The van der Waals surface area contributed by atoms with Crippen LogP contribution in [-0.2, 0) is 10.8 Å². The number of allylic oxidation sites excluding steroid dienone is 8. The normalized spacial score (nSPS) is 16.6. The van der Waals surface area contributed by atoms with Crippen LogP contribution >= 0.6 is 0 Å². The summed E-state index contributed by atoms with van der Waals surface area (Å²) in [5, 5.41) is 5.09. The smallest absolute Gasteiger partial charge is 0.164 e. The Hall–Kier alpha value is -7.89. The number of nitrogens with zero attached hydrogens (tertiary/aromatic N) is 5. The van der Waals surface area contributed by atoms with Crippen molar-refractivity contribution in [1.82, 2.24) is 24.1 Å². The van der Waals surface area contributed by atoms with Crippen LogP contribution in [0.3, 0.4) is 0 Å². The fraction of sp³-hybridized carbons (Fsp3) is 0.159. The molecule has 0 atom stereocenters. The molecular weight excluding hydrogens is 827 g/mol. The van der Waals surface area contributed by atoms with Crippen LogP contribution in [0.5, 0.6) is 0 Å². The number of hydrogen-bond acceptors (Lipinski definition) is 3. The molecule has 0 amide bonds. The Labute approximate surface area is 396 Å². The number of benzene rings is 7.